The average molecular weight is 746 g/mol. The summed E-state index contributed by atoms with van der Waals surface area (Å²) in [5.74, 6) is -0.154. The number of hydrogen-bond donors (Lipinski definition) is 3. The Morgan fingerprint density at radius 3 is 1.55 bits per heavy atom. The summed E-state index contributed by atoms with van der Waals surface area (Å²) in [6.45, 7) is 4.86. The van der Waals surface area contributed by atoms with E-state index in [4.69, 9.17) is 9.05 Å². The molecule has 304 valence electrons. The molecule has 1 amide bonds. The van der Waals surface area contributed by atoms with Gasteiger partial charge in [-0.05, 0) is 38.5 Å². The zero-order valence-corrected chi connectivity index (χ0v) is 35.3. The van der Waals surface area contributed by atoms with Gasteiger partial charge in [0, 0.05) is 6.42 Å². The van der Waals surface area contributed by atoms with E-state index in [1.165, 1.54) is 122 Å². The molecule has 0 aromatic heterocycles. The van der Waals surface area contributed by atoms with Gasteiger partial charge in [-0.2, -0.15) is 0 Å². The Morgan fingerprint density at radius 1 is 0.647 bits per heavy atom. The minimum atomic E-state index is -4.31. The van der Waals surface area contributed by atoms with Crippen molar-refractivity contribution in [3.8, 4) is 0 Å². The van der Waals surface area contributed by atoms with Crippen molar-refractivity contribution < 1.29 is 32.9 Å². The summed E-state index contributed by atoms with van der Waals surface area (Å²) in [6.07, 6.45) is 38.0. The topological polar surface area (TPSA) is 105 Å². The first-order valence-electron chi connectivity index (χ1n) is 21.6. The first-order valence-corrected chi connectivity index (χ1v) is 23.0. The lowest BCUT2D eigenvalue weighted by molar-refractivity contribution is -0.870. The number of unbranched alkanes of at least 4 members (excludes halogenated alkanes) is 24. The molecule has 0 spiro atoms. The molecule has 3 atom stereocenters. The zero-order valence-electron chi connectivity index (χ0n) is 34.4. The van der Waals surface area contributed by atoms with Gasteiger partial charge >= 0.3 is 7.82 Å². The van der Waals surface area contributed by atoms with Crippen molar-refractivity contribution in [1.29, 1.82) is 0 Å². The van der Waals surface area contributed by atoms with Gasteiger partial charge in [0.1, 0.15) is 13.2 Å². The van der Waals surface area contributed by atoms with Crippen LogP contribution in [-0.2, 0) is 18.4 Å². The van der Waals surface area contributed by atoms with Gasteiger partial charge in [0.05, 0.1) is 39.9 Å². The number of nitrogens with zero attached hydrogens (tertiary/aromatic N) is 1. The zero-order chi connectivity index (χ0) is 37.9. The van der Waals surface area contributed by atoms with Crippen LogP contribution in [-0.4, -0.2) is 73.4 Å². The second-order valence-electron chi connectivity index (χ2n) is 16.1. The number of phosphoric acid groups is 1. The van der Waals surface area contributed by atoms with E-state index in [2.05, 4.69) is 31.3 Å². The summed E-state index contributed by atoms with van der Waals surface area (Å²) < 4.78 is 23.6. The fraction of sp³-hybridized carbons (Fsp3) is 0.929. The number of phosphoric ester groups is 1. The number of likely N-dealkylation sites (N-methyl/N-ethyl adjacent to an activating group) is 1. The number of aliphatic hydroxyl groups excluding tert-OH is 1. The molecule has 8 nitrogen and oxygen atoms in total. The predicted molar refractivity (Wildman–Crippen MR) is 217 cm³/mol. The number of nitrogens with one attached hydrogen (secondary N) is 1. The van der Waals surface area contributed by atoms with Gasteiger partial charge in [-0.15, -0.1) is 0 Å². The van der Waals surface area contributed by atoms with Gasteiger partial charge in [0.15, 0.2) is 0 Å². The highest BCUT2D eigenvalue weighted by atomic mass is 31.2. The Balaban J connectivity index is 4.37. The summed E-state index contributed by atoms with van der Waals surface area (Å²) in [5, 5.41) is 13.9. The van der Waals surface area contributed by atoms with Crippen LogP contribution in [0, 0.1) is 0 Å². The lowest BCUT2D eigenvalue weighted by Gasteiger charge is -2.26. The van der Waals surface area contributed by atoms with Gasteiger partial charge in [-0.25, -0.2) is 4.57 Å². The van der Waals surface area contributed by atoms with Crippen LogP contribution < -0.4 is 5.32 Å². The fourth-order valence-corrected chi connectivity index (χ4v) is 7.01. The second-order valence-corrected chi connectivity index (χ2v) is 17.5. The van der Waals surface area contributed by atoms with Crippen molar-refractivity contribution in [2.24, 2.45) is 0 Å². The van der Waals surface area contributed by atoms with E-state index in [-0.39, 0.29) is 19.1 Å². The standard InChI is InChI=1S/C42H85N2O6P/c1-6-8-10-12-14-16-18-20-21-22-23-24-25-27-29-31-33-35-41(45)40(39-50-51(47,48)49-38-37-44(3,4)5)43-42(46)36-34-32-30-28-26-19-17-15-13-11-9-7-2/h15,17,40-41,45H,6-14,16,18-39H2,1-5H3,(H-,43,46,47,48)/p+1/b17-15-. The molecule has 0 aliphatic heterocycles. The van der Waals surface area contributed by atoms with Crippen LogP contribution in [0.5, 0.6) is 0 Å². The molecule has 9 heteroatoms. The van der Waals surface area contributed by atoms with Crippen molar-refractivity contribution >= 4 is 13.7 Å². The molecular weight excluding hydrogens is 659 g/mol. The predicted octanol–water partition coefficient (Wildman–Crippen LogP) is 11.6. The Bertz CT molecular complexity index is 850. The van der Waals surface area contributed by atoms with Gasteiger partial charge in [0.25, 0.3) is 0 Å². The van der Waals surface area contributed by atoms with E-state index < -0.39 is 20.0 Å². The highest BCUT2D eigenvalue weighted by Gasteiger charge is 2.28. The Kier molecular flexibility index (Phi) is 34.5. The van der Waals surface area contributed by atoms with Crippen LogP contribution in [0.15, 0.2) is 12.2 Å². The van der Waals surface area contributed by atoms with Crippen molar-refractivity contribution in [3.05, 3.63) is 12.2 Å². The van der Waals surface area contributed by atoms with E-state index >= 15 is 0 Å². The maximum absolute atomic E-state index is 12.8. The molecule has 0 saturated carbocycles. The molecule has 0 bridgehead atoms. The molecule has 0 aromatic carbocycles. The number of allylic oxidation sites excluding steroid dienone is 2. The van der Waals surface area contributed by atoms with Crippen LogP contribution in [0.25, 0.3) is 0 Å². The number of rotatable bonds is 39. The van der Waals surface area contributed by atoms with Crippen molar-refractivity contribution in [2.45, 2.75) is 212 Å². The number of amides is 1. The Hall–Kier alpha value is -0.760. The number of hydrogen-bond acceptors (Lipinski definition) is 5. The number of quaternary nitrogens is 1. The lowest BCUT2D eigenvalue weighted by atomic mass is 10.0. The minimum absolute atomic E-state index is 0.0748. The van der Waals surface area contributed by atoms with Crippen molar-refractivity contribution in [3.63, 3.8) is 0 Å². The third-order valence-corrected chi connectivity index (χ3v) is 10.7. The molecule has 3 N–H and O–H groups in total. The van der Waals surface area contributed by atoms with Crippen LogP contribution in [0.4, 0.5) is 0 Å². The molecule has 0 saturated heterocycles. The summed E-state index contributed by atoms with van der Waals surface area (Å²) in [4.78, 5) is 23.1. The molecular formula is C42H86N2O6P+. The molecule has 0 aliphatic carbocycles. The highest BCUT2D eigenvalue weighted by Crippen LogP contribution is 2.43. The average Bonchev–Trinajstić information content (AvgIpc) is 3.07. The Morgan fingerprint density at radius 2 is 1.06 bits per heavy atom. The molecule has 3 unspecified atom stereocenters. The summed E-state index contributed by atoms with van der Waals surface area (Å²) in [7, 11) is 1.61. The van der Waals surface area contributed by atoms with E-state index in [0.29, 0.717) is 23.9 Å². The number of carbonyl (C=O) groups excluding carboxylic acids is 1. The maximum atomic E-state index is 12.8. The van der Waals surface area contributed by atoms with E-state index in [1.807, 2.05) is 21.1 Å². The van der Waals surface area contributed by atoms with Crippen molar-refractivity contribution in [1.82, 2.24) is 5.32 Å². The largest absolute Gasteiger partial charge is 0.472 e. The molecule has 0 aromatic rings. The third kappa shape index (κ3) is 37.4. The third-order valence-electron chi connectivity index (χ3n) is 9.76. The number of carbonyl (C=O) groups is 1. The second kappa shape index (κ2) is 35.0. The lowest BCUT2D eigenvalue weighted by Crippen LogP contribution is -2.46. The number of aliphatic hydroxyl groups is 1. The van der Waals surface area contributed by atoms with E-state index in [0.717, 1.165) is 51.4 Å². The molecule has 0 aliphatic rings. The first kappa shape index (κ1) is 50.2. The van der Waals surface area contributed by atoms with E-state index in [1.54, 1.807) is 0 Å². The van der Waals surface area contributed by atoms with Gasteiger partial charge < -0.3 is 19.8 Å². The van der Waals surface area contributed by atoms with Crippen LogP contribution in [0.1, 0.15) is 200 Å². The molecule has 0 fully saturated rings. The van der Waals surface area contributed by atoms with Crippen LogP contribution in [0.2, 0.25) is 0 Å². The summed E-state index contributed by atoms with van der Waals surface area (Å²) >= 11 is 0. The molecule has 51 heavy (non-hydrogen) atoms. The highest BCUT2D eigenvalue weighted by molar-refractivity contribution is 7.47. The van der Waals surface area contributed by atoms with Gasteiger partial charge in [0.2, 0.25) is 5.91 Å². The SMILES string of the molecule is CCCCC/C=C\CCCCCCCC(=O)NC(COP(=O)(O)OCC[N+](C)(C)C)C(O)CCCCCCCCCCCCCCCCCCC. The molecule has 0 radical (unpaired) electrons. The summed E-state index contributed by atoms with van der Waals surface area (Å²) in [5.41, 5.74) is 0. The summed E-state index contributed by atoms with van der Waals surface area (Å²) in [6, 6.07) is -0.759. The van der Waals surface area contributed by atoms with E-state index in [9.17, 15) is 19.4 Å². The molecule has 0 rings (SSSR count). The quantitative estimate of drug-likeness (QED) is 0.0250. The fourth-order valence-electron chi connectivity index (χ4n) is 6.28. The van der Waals surface area contributed by atoms with Gasteiger partial charge in [-0.1, -0.05) is 167 Å². The minimum Gasteiger partial charge on any atom is -0.391 e. The monoisotopic (exact) mass is 746 g/mol. The van der Waals surface area contributed by atoms with Gasteiger partial charge in [-0.3, -0.25) is 13.8 Å². The smallest absolute Gasteiger partial charge is 0.391 e. The molecule has 0 heterocycles. The van der Waals surface area contributed by atoms with Crippen LogP contribution >= 0.6 is 7.82 Å². The Labute approximate surface area is 316 Å². The maximum Gasteiger partial charge on any atom is 0.472 e. The first-order chi connectivity index (χ1) is 24.5. The van der Waals surface area contributed by atoms with Crippen molar-refractivity contribution in [2.75, 3.05) is 40.9 Å². The van der Waals surface area contributed by atoms with Crippen LogP contribution in [0.3, 0.4) is 0 Å². The normalized spacial score (nSPS) is 14.6.